The van der Waals surface area contributed by atoms with Crippen molar-refractivity contribution in [3.05, 3.63) is 35.0 Å². The van der Waals surface area contributed by atoms with Crippen LogP contribution in [0.15, 0.2) is 18.2 Å². The molecule has 0 spiro atoms. The molecule has 1 N–H and O–H groups in total. The van der Waals surface area contributed by atoms with Crippen LogP contribution in [0.3, 0.4) is 0 Å². The monoisotopic (exact) mass is 323 g/mol. The van der Waals surface area contributed by atoms with Gasteiger partial charge in [0.25, 0.3) is 0 Å². The molecule has 0 amide bonds. The maximum Gasteiger partial charge on any atom is 0.168 e. The summed E-state index contributed by atoms with van der Waals surface area (Å²) >= 11 is 0. The number of nitriles is 1. The van der Waals surface area contributed by atoms with Crippen molar-refractivity contribution >= 4 is 5.82 Å². The van der Waals surface area contributed by atoms with Crippen LogP contribution in [0.4, 0.5) is 5.82 Å². The van der Waals surface area contributed by atoms with E-state index in [1.165, 1.54) is 0 Å². The minimum absolute atomic E-state index is 0.560. The van der Waals surface area contributed by atoms with Gasteiger partial charge in [-0.05, 0) is 37.3 Å². The maximum absolute atomic E-state index is 9.78. The van der Waals surface area contributed by atoms with Crippen LogP contribution in [0.2, 0.25) is 0 Å². The van der Waals surface area contributed by atoms with E-state index in [0.717, 1.165) is 48.1 Å². The van der Waals surface area contributed by atoms with Crippen molar-refractivity contribution in [1.82, 2.24) is 4.98 Å². The van der Waals surface area contributed by atoms with Crippen LogP contribution in [0.5, 0.6) is 11.5 Å². The summed E-state index contributed by atoms with van der Waals surface area (Å²) in [4.78, 5) is 4.68. The highest BCUT2D eigenvalue weighted by Crippen LogP contribution is 2.44. The molecule has 2 aromatic rings. The first kappa shape index (κ1) is 16.1. The van der Waals surface area contributed by atoms with Crippen molar-refractivity contribution in [2.24, 2.45) is 0 Å². The number of methoxy groups -OCH3 is 2. The fourth-order valence-electron chi connectivity index (χ4n) is 3.41. The smallest absolute Gasteiger partial charge is 0.168 e. The predicted molar refractivity (Wildman–Crippen MR) is 93.7 cm³/mol. The molecule has 0 saturated heterocycles. The number of anilines is 1. The van der Waals surface area contributed by atoms with Crippen molar-refractivity contribution < 1.29 is 9.47 Å². The first-order valence-electron chi connectivity index (χ1n) is 8.10. The van der Waals surface area contributed by atoms with Gasteiger partial charge in [0.2, 0.25) is 0 Å². The summed E-state index contributed by atoms with van der Waals surface area (Å²) in [7, 11) is 5.04. The Balaban J connectivity index is 2.37. The van der Waals surface area contributed by atoms with Crippen LogP contribution >= 0.6 is 0 Å². The summed E-state index contributed by atoms with van der Waals surface area (Å²) in [5.41, 5.74) is 4.59. The second-order valence-corrected chi connectivity index (χ2v) is 5.75. The third-order valence-electron chi connectivity index (χ3n) is 4.49. The summed E-state index contributed by atoms with van der Waals surface area (Å²) in [6.45, 7) is 0. The topological polar surface area (TPSA) is 67.2 Å². The molecule has 0 unspecified atom stereocenters. The molecule has 1 heterocycles. The third kappa shape index (κ3) is 2.54. The molecule has 1 aromatic carbocycles. The molecule has 0 bridgehead atoms. The Bertz CT molecular complexity index is 809. The number of nitrogens with one attached hydrogen (secondary N) is 1. The second-order valence-electron chi connectivity index (χ2n) is 5.75. The van der Waals surface area contributed by atoms with Crippen LogP contribution < -0.4 is 14.8 Å². The van der Waals surface area contributed by atoms with Crippen molar-refractivity contribution in [1.29, 1.82) is 5.26 Å². The van der Waals surface area contributed by atoms with Gasteiger partial charge in [-0.15, -0.1) is 0 Å². The molecule has 1 aliphatic rings. The average Bonchev–Trinajstić information content (AvgIpc) is 2.65. The standard InChI is InChI=1S/C19H21N3O2/c1-21-19-14(11-20)17(12-7-4-5-9-15(12)22-19)13-8-6-10-16(23-2)18(13)24-3/h6,8,10H,4-5,7,9H2,1-3H3,(H,21,22). The van der Waals surface area contributed by atoms with Crippen molar-refractivity contribution in [3.63, 3.8) is 0 Å². The number of fused-ring (bicyclic) bond motifs is 1. The molecule has 0 saturated carbocycles. The molecular formula is C19H21N3O2. The molecular weight excluding hydrogens is 302 g/mol. The van der Waals surface area contributed by atoms with Crippen molar-refractivity contribution in [2.45, 2.75) is 25.7 Å². The summed E-state index contributed by atoms with van der Waals surface area (Å²) in [6, 6.07) is 8.09. The highest BCUT2D eigenvalue weighted by molar-refractivity contribution is 5.84. The zero-order chi connectivity index (χ0) is 17.1. The van der Waals surface area contributed by atoms with E-state index in [1.807, 2.05) is 18.2 Å². The first-order valence-corrected chi connectivity index (χ1v) is 8.10. The SMILES string of the molecule is CNc1nc2c(c(-c3cccc(OC)c3OC)c1C#N)CCCC2. The number of rotatable bonds is 4. The van der Waals surface area contributed by atoms with Gasteiger partial charge in [-0.1, -0.05) is 12.1 Å². The van der Waals surface area contributed by atoms with E-state index in [4.69, 9.17) is 9.47 Å². The minimum Gasteiger partial charge on any atom is -0.493 e. The number of benzene rings is 1. The average molecular weight is 323 g/mol. The molecule has 1 aromatic heterocycles. The highest BCUT2D eigenvalue weighted by Gasteiger charge is 2.25. The van der Waals surface area contributed by atoms with Crippen LogP contribution in [0.1, 0.15) is 29.7 Å². The Labute approximate surface area is 142 Å². The van der Waals surface area contributed by atoms with E-state index in [0.29, 0.717) is 22.9 Å². The summed E-state index contributed by atoms with van der Waals surface area (Å²) < 4.78 is 11.0. The normalized spacial score (nSPS) is 12.9. The third-order valence-corrected chi connectivity index (χ3v) is 4.49. The number of hydrogen-bond donors (Lipinski definition) is 1. The zero-order valence-corrected chi connectivity index (χ0v) is 14.3. The molecule has 0 atom stereocenters. The van der Waals surface area contributed by atoms with Crippen molar-refractivity contribution in [2.75, 3.05) is 26.6 Å². The summed E-state index contributed by atoms with van der Waals surface area (Å²) in [6.07, 6.45) is 4.10. The van der Waals surface area contributed by atoms with Gasteiger partial charge in [0.1, 0.15) is 17.5 Å². The van der Waals surface area contributed by atoms with Crippen LogP contribution in [0.25, 0.3) is 11.1 Å². The van der Waals surface area contributed by atoms with Crippen LogP contribution in [-0.2, 0) is 12.8 Å². The van der Waals surface area contributed by atoms with Gasteiger partial charge in [-0.25, -0.2) is 4.98 Å². The van der Waals surface area contributed by atoms with Crippen molar-refractivity contribution in [3.8, 4) is 28.7 Å². The number of hydrogen-bond acceptors (Lipinski definition) is 5. The highest BCUT2D eigenvalue weighted by atomic mass is 16.5. The number of aryl methyl sites for hydroxylation is 1. The number of ether oxygens (including phenoxy) is 2. The minimum atomic E-state index is 0.560. The number of pyridine rings is 1. The van der Waals surface area contributed by atoms with Gasteiger partial charge in [0.05, 0.1) is 14.2 Å². The Morgan fingerprint density at radius 3 is 2.62 bits per heavy atom. The predicted octanol–water partition coefficient (Wildman–Crippen LogP) is 3.56. The van der Waals surface area contributed by atoms with Crippen LogP contribution in [0, 0.1) is 11.3 Å². The van der Waals surface area contributed by atoms with E-state index in [-0.39, 0.29) is 0 Å². The quantitative estimate of drug-likeness (QED) is 0.932. The Morgan fingerprint density at radius 1 is 1.17 bits per heavy atom. The van der Waals surface area contributed by atoms with E-state index in [1.54, 1.807) is 21.3 Å². The van der Waals surface area contributed by atoms with Gasteiger partial charge in [0.15, 0.2) is 11.5 Å². The number of nitrogens with zero attached hydrogens (tertiary/aromatic N) is 2. The zero-order valence-electron chi connectivity index (χ0n) is 14.3. The summed E-state index contributed by atoms with van der Waals surface area (Å²) in [5, 5.41) is 12.8. The van der Waals surface area contributed by atoms with Gasteiger partial charge in [-0.3, -0.25) is 0 Å². The number of para-hydroxylation sites is 1. The summed E-state index contributed by atoms with van der Waals surface area (Å²) in [5.74, 6) is 1.93. The van der Waals surface area contributed by atoms with Gasteiger partial charge in [0, 0.05) is 23.9 Å². The molecule has 0 aliphatic heterocycles. The Hall–Kier alpha value is -2.74. The van der Waals surface area contributed by atoms with Gasteiger partial charge < -0.3 is 14.8 Å². The fourth-order valence-corrected chi connectivity index (χ4v) is 3.41. The lowest BCUT2D eigenvalue weighted by atomic mass is 9.86. The molecule has 0 fully saturated rings. The first-order chi connectivity index (χ1) is 11.7. The van der Waals surface area contributed by atoms with Gasteiger partial charge >= 0.3 is 0 Å². The number of aromatic nitrogens is 1. The second kappa shape index (κ2) is 6.79. The van der Waals surface area contributed by atoms with E-state index < -0.39 is 0 Å². The Morgan fingerprint density at radius 2 is 1.96 bits per heavy atom. The molecule has 24 heavy (non-hydrogen) atoms. The lowest BCUT2D eigenvalue weighted by Crippen LogP contribution is -2.12. The molecule has 5 nitrogen and oxygen atoms in total. The molecule has 0 radical (unpaired) electrons. The lowest BCUT2D eigenvalue weighted by molar-refractivity contribution is 0.356. The van der Waals surface area contributed by atoms with E-state index in [2.05, 4.69) is 16.4 Å². The lowest BCUT2D eigenvalue weighted by Gasteiger charge is -2.23. The molecule has 1 aliphatic carbocycles. The molecule has 5 heteroatoms. The fraction of sp³-hybridized carbons (Fsp3) is 0.368. The van der Waals surface area contributed by atoms with Crippen LogP contribution in [-0.4, -0.2) is 26.3 Å². The maximum atomic E-state index is 9.78. The Kier molecular flexibility index (Phi) is 4.57. The van der Waals surface area contributed by atoms with E-state index >= 15 is 0 Å². The molecule has 124 valence electrons. The van der Waals surface area contributed by atoms with Gasteiger partial charge in [-0.2, -0.15) is 5.26 Å². The molecule has 3 rings (SSSR count). The van der Waals surface area contributed by atoms with E-state index in [9.17, 15) is 5.26 Å². The largest absolute Gasteiger partial charge is 0.493 e.